The summed E-state index contributed by atoms with van der Waals surface area (Å²) in [5.74, 6) is -1.33. The molecule has 8 heteroatoms. The second-order valence-corrected chi connectivity index (χ2v) is 7.47. The standard InChI is InChI=1S/C18H14ClF2N3OS/c19-12-3-1-2-11(8-12)17(25)23-4-6-24(7-5-23)18-22-16-14(21)9-13(20)10-15(16)26-18/h1-3,8-10H,4-7H2. The van der Waals surface area contributed by atoms with E-state index in [2.05, 4.69) is 4.98 Å². The maximum absolute atomic E-state index is 13.8. The third-order valence-corrected chi connectivity index (χ3v) is 5.61. The van der Waals surface area contributed by atoms with Crippen molar-refractivity contribution >= 4 is 44.2 Å². The van der Waals surface area contributed by atoms with E-state index in [0.29, 0.717) is 46.6 Å². The lowest BCUT2D eigenvalue weighted by Gasteiger charge is -2.34. The van der Waals surface area contributed by atoms with Crippen molar-refractivity contribution in [2.75, 3.05) is 31.1 Å². The Morgan fingerprint density at radius 2 is 1.88 bits per heavy atom. The molecule has 0 aliphatic carbocycles. The zero-order chi connectivity index (χ0) is 18.3. The van der Waals surface area contributed by atoms with Gasteiger partial charge in [0.25, 0.3) is 5.91 Å². The molecule has 1 aromatic heterocycles. The van der Waals surface area contributed by atoms with Crippen LogP contribution in [0.1, 0.15) is 10.4 Å². The summed E-state index contributed by atoms with van der Waals surface area (Å²) < 4.78 is 27.7. The molecule has 2 aromatic carbocycles. The van der Waals surface area contributed by atoms with E-state index in [-0.39, 0.29) is 11.4 Å². The normalized spacial score (nSPS) is 14.9. The van der Waals surface area contributed by atoms with Crippen LogP contribution in [-0.4, -0.2) is 42.0 Å². The summed E-state index contributed by atoms with van der Waals surface area (Å²) in [5, 5.41) is 1.16. The van der Waals surface area contributed by atoms with Gasteiger partial charge in [0.1, 0.15) is 11.3 Å². The second-order valence-electron chi connectivity index (χ2n) is 6.02. The summed E-state index contributed by atoms with van der Waals surface area (Å²) in [6.07, 6.45) is 0. The van der Waals surface area contributed by atoms with Gasteiger partial charge < -0.3 is 9.80 Å². The number of rotatable bonds is 2. The Labute approximate surface area is 157 Å². The van der Waals surface area contributed by atoms with Crippen LogP contribution in [-0.2, 0) is 0 Å². The maximum Gasteiger partial charge on any atom is 0.254 e. The van der Waals surface area contributed by atoms with E-state index in [1.165, 1.54) is 17.4 Å². The topological polar surface area (TPSA) is 36.4 Å². The summed E-state index contributed by atoms with van der Waals surface area (Å²) in [6, 6.07) is 9.00. The van der Waals surface area contributed by atoms with Gasteiger partial charge in [0, 0.05) is 42.8 Å². The van der Waals surface area contributed by atoms with Gasteiger partial charge in [0.2, 0.25) is 0 Å². The molecule has 1 amide bonds. The molecular formula is C18H14ClF2N3OS. The Morgan fingerprint density at radius 3 is 2.62 bits per heavy atom. The SMILES string of the molecule is O=C(c1cccc(Cl)c1)N1CCN(c2nc3c(F)cc(F)cc3s2)CC1. The van der Waals surface area contributed by atoms with E-state index in [1.54, 1.807) is 29.2 Å². The third-order valence-electron chi connectivity index (χ3n) is 4.31. The molecule has 1 aliphatic heterocycles. The van der Waals surface area contributed by atoms with E-state index < -0.39 is 11.6 Å². The smallest absolute Gasteiger partial charge is 0.254 e. The second kappa shape index (κ2) is 6.81. The number of aromatic nitrogens is 1. The minimum atomic E-state index is -0.655. The molecule has 3 aromatic rings. The number of amides is 1. The van der Waals surface area contributed by atoms with Crippen LogP contribution in [0.4, 0.5) is 13.9 Å². The number of halogens is 3. The van der Waals surface area contributed by atoms with E-state index >= 15 is 0 Å². The molecule has 0 unspecified atom stereocenters. The van der Waals surface area contributed by atoms with Crippen molar-refractivity contribution in [1.29, 1.82) is 0 Å². The summed E-state index contributed by atoms with van der Waals surface area (Å²) in [7, 11) is 0. The van der Waals surface area contributed by atoms with Crippen LogP contribution in [0.5, 0.6) is 0 Å². The molecule has 0 N–H and O–H groups in total. The lowest BCUT2D eigenvalue weighted by atomic mass is 10.2. The third kappa shape index (κ3) is 3.24. The van der Waals surface area contributed by atoms with Crippen molar-refractivity contribution in [1.82, 2.24) is 9.88 Å². The zero-order valence-electron chi connectivity index (χ0n) is 13.6. The number of thiazole rings is 1. The number of fused-ring (bicyclic) bond motifs is 1. The molecule has 26 heavy (non-hydrogen) atoms. The van der Waals surface area contributed by atoms with E-state index in [1.807, 2.05) is 4.90 Å². The number of benzene rings is 2. The predicted octanol–water partition coefficient (Wildman–Crippen LogP) is 4.19. The molecule has 4 nitrogen and oxygen atoms in total. The van der Waals surface area contributed by atoms with Crippen LogP contribution in [0.15, 0.2) is 36.4 Å². The van der Waals surface area contributed by atoms with Gasteiger partial charge in [-0.15, -0.1) is 0 Å². The molecule has 0 atom stereocenters. The molecule has 1 saturated heterocycles. The summed E-state index contributed by atoms with van der Waals surface area (Å²) in [5.41, 5.74) is 0.743. The highest BCUT2D eigenvalue weighted by Gasteiger charge is 2.24. The van der Waals surface area contributed by atoms with Crippen molar-refractivity contribution in [3.63, 3.8) is 0 Å². The Morgan fingerprint density at radius 1 is 1.12 bits per heavy atom. The Kier molecular flexibility index (Phi) is 4.50. The number of hydrogen-bond donors (Lipinski definition) is 0. The predicted molar refractivity (Wildman–Crippen MR) is 99.1 cm³/mol. The van der Waals surface area contributed by atoms with Crippen molar-refractivity contribution in [2.45, 2.75) is 0 Å². The number of anilines is 1. The Hall–Kier alpha value is -2.25. The monoisotopic (exact) mass is 393 g/mol. The van der Waals surface area contributed by atoms with Crippen LogP contribution in [0.25, 0.3) is 10.2 Å². The van der Waals surface area contributed by atoms with Crippen molar-refractivity contribution in [2.24, 2.45) is 0 Å². The quantitative estimate of drug-likeness (QED) is 0.655. The van der Waals surface area contributed by atoms with Crippen molar-refractivity contribution in [3.05, 3.63) is 58.6 Å². The van der Waals surface area contributed by atoms with Crippen molar-refractivity contribution in [3.8, 4) is 0 Å². The van der Waals surface area contributed by atoms with Crippen LogP contribution >= 0.6 is 22.9 Å². The Balaban J connectivity index is 1.48. The first kappa shape index (κ1) is 17.2. The molecule has 0 saturated carbocycles. The fraction of sp³-hybridized carbons (Fsp3) is 0.222. The molecule has 0 radical (unpaired) electrons. The minimum absolute atomic E-state index is 0.0652. The number of nitrogens with zero attached hydrogens (tertiary/aromatic N) is 3. The van der Waals surface area contributed by atoms with Crippen LogP contribution < -0.4 is 4.90 Å². The van der Waals surface area contributed by atoms with Gasteiger partial charge in [-0.05, 0) is 24.3 Å². The highest BCUT2D eigenvalue weighted by atomic mass is 35.5. The van der Waals surface area contributed by atoms with Crippen molar-refractivity contribution < 1.29 is 13.6 Å². The highest BCUT2D eigenvalue weighted by Crippen LogP contribution is 2.31. The first-order valence-corrected chi connectivity index (χ1v) is 9.26. The zero-order valence-corrected chi connectivity index (χ0v) is 15.2. The fourth-order valence-electron chi connectivity index (χ4n) is 2.99. The van der Waals surface area contributed by atoms with Gasteiger partial charge >= 0.3 is 0 Å². The average molecular weight is 394 g/mol. The van der Waals surface area contributed by atoms with E-state index in [4.69, 9.17) is 11.6 Å². The molecule has 1 fully saturated rings. The highest BCUT2D eigenvalue weighted by molar-refractivity contribution is 7.22. The lowest BCUT2D eigenvalue weighted by molar-refractivity contribution is 0.0747. The fourth-order valence-corrected chi connectivity index (χ4v) is 4.23. The molecule has 0 bridgehead atoms. The van der Waals surface area contributed by atoms with Crippen LogP contribution in [0.3, 0.4) is 0 Å². The lowest BCUT2D eigenvalue weighted by Crippen LogP contribution is -2.48. The van der Waals surface area contributed by atoms with Gasteiger partial charge in [0.05, 0.1) is 4.70 Å². The Bertz CT molecular complexity index is 986. The maximum atomic E-state index is 13.8. The van der Waals surface area contributed by atoms with Crippen LogP contribution in [0, 0.1) is 11.6 Å². The first-order valence-electron chi connectivity index (χ1n) is 8.06. The summed E-state index contributed by atoms with van der Waals surface area (Å²) >= 11 is 7.20. The van der Waals surface area contributed by atoms with Gasteiger partial charge in [-0.25, -0.2) is 13.8 Å². The van der Waals surface area contributed by atoms with Crippen LogP contribution in [0.2, 0.25) is 5.02 Å². The number of carbonyl (C=O) groups is 1. The van der Waals surface area contributed by atoms with Gasteiger partial charge in [-0.3, -0.25) is 4.79 Å². The molecule has 134 valence electrons. The molecular weight excluding hydrogens is 380 g/mol. The van der Waals surface area contributed by atoms with E-state index in [0.717, 1.165) is 6.07 Å². The van der Waals surface area contributed by atoms with Gasteiger partial charge in [0.15, 0.2) is 10.9 Å². The van der Waals surface area contributed by atoms with E-state index in [9.17, 15) is 13.6 Å². The molecule has 4 rings (SSSR count). The summed E-state index contributed by atoms with van der Waals surface area (Å²) in [6.45, 7) is 2.21. The molecule has 2 heterocycles. The number of hydrogen-bond acceptors (Lipinski definition) is 4. The average Bonchev–Trinajstić information content (AvgIpc) is 3.05. The molecule has 0 spiro atoms. The number of carbonyl (C=O) groups excluding carboxylic acids is 1. The number of piperazine rings is 1. The largest absolute Gasteiger partial charge is 0.345 e. The van der Waals surface area contributed by atoms with Gasteiger partial charge in [-0.2, -0.15) is 0 Å². The van der Waals surface area contributed by atoms with Gasteiger partial charge in [-0.1, -0.05) is 29.0 Å². The molecule has 1 aliphatic rings. The minimum Gasteiger partial charge on any atom is -0.345 e. The first-order chi connectivity index (χ1) is 12.5. The summed E-state index contributed by atoms with van der Waals surface area (Å²) in [4.78, 5) is 20.6.